The molecule has 0 aliphatic heterocycles. The average molecular weight is 326 g/mol. The van der Waals surface area contributed by atoms with Gasteiger partial charge in [0.25, 0.3) is 21.4 Å². The Bertz CT molecular complexity index is 645. The molecule has 0 saturated heterocycles. The molecule has 0 atom stereocenters. The number of rotatable bonds is 4. The molecule has 0 aromatic heterocycles. The predicted molar refractivity (Wildman–Crippen MR) is 72.0 cm³/mol. The lowest BCUT2D eigenvalue weighted by atomic mass is 9.99. The zero-order chi connectivity index (χ0) is 15.7. The maximum atomic E-state index is 12.1. The highest BCUT2D eigenvalue weighted by Gasteiger charge is 2.24. The van der Waals surface area contributed by atoms with Crippen LogP contribution in [0.4, 0.5) is 8.78 Å². The van der Waals surface area contributed by atoms with Gasteiger partial charge in [0.05, 0.1) is 11.4 Å². The Morgan fingerprint density at radius 2 is 1.85 bits per heavy atom. The Labute approximate surface area is 120 Å². The van der Waals surface area contributed by atoms with Gasteiger partial charge in [-0.05, 0) is 37.5 Å². The second kappa shape index (κ2) is 6.05. The van der Waals surface area contributed by atoms with E-state index in [1.807, 2.05) is 0 Å². The number of alkyl halides is 2. The lowest BCUT2D eigenvalue weighted by Crippen LogP contribution is -2.30. The highest BCUT2D eigenvalue weighted by atomic mass is 35.7. The smallest absolute Gasteiger partial charge is 0.261 e. The van der Waals surface area contributed by atoms with Crippen molar-refractivity contribution >= 4 is 25.6 Å². The van der Waals surface area contributed by atoms with Crippen LogP contribution in [0.15, 0.2) is 11.0 Å². The first-order valence-corrected chi connectivity index (χ1v) is 7.98. The van der Waals surface area contributed by atoms with Gasteiger partial charge in [0.1, 0.15) is 0 Å². The van der Waals surface area contributed by atoms with Crippen LogP contribution >= 0.6 is 10.7 Å². The fraction of sp³-hybridized carbons (Fsp3) is 0.417. The van der Waals surface area contributed by atoms with Crippen molar-refractivity contribution in [1.82, 2.24) is 5.32 Å². The molecular formula is C12H14ClF2NO3S. The highest BCUT2D eigenvalue weighted by molar-refractivity contribution is 8.13. The molecule has 20 heavy (non-hydrogen) atoms. The van der Waals surface area contributed by atoms with Gasteiger partial charge in [-0.3, -0.25) is 4.79 Å². The first-order chi connectivity index (χ1) is 9.05. The van der Waals surface area contributed by atoms with Crippen molar-refractivity contribution in [2.75, 3.05) is 6.54 Å². The van der Waals surface area contributed by atoms with Crippen molar-refractivity contribution in [1.29, 1.82) is 0 Å². The van der Waals surface area contributed by atoms with Gasteiger partial charge in [-0.1, -0.05) is 6.07 Å². The molecule has 0 aliphatic carbocycles. The Balaban J connectivity index is 3.38. The molecule has 0 unspecified atom stereocenters. The Morgan fingerprint density at radius 3 is 2.30 bits per heavy atom. The third-order valence-corrected chi connectivity index (χ3v) is 4.37. The molecule has 8 heteroatoms. The lowest BCUT2D eigenvalue weighted by molar-refractivity contribution is 0.0890. The molecule has 1 amide bonds. The summed E-state index contributed by atoms with van der Waals surface area (Å²) in [7, 11) is 1.32. The minimum atomic E-state index is -4.02. The van der Waals surface area contributed by atoms with Crippen molar-refractivity contribution in [3.8, 4) is 0 Å². The normalized spacial score (nSPS) is 11.8. The lowest BCUT2D eigenvalue weighted by Gasteiger charge is -2.15. The molecule has 0 radical (unpaired) electrons. The van der Waals surface area contributed by atoms with E-state index in [9.17, 15) is 22.0 Å². The number of hydrogen-bond donors (Lipinski definition) is 1. The summed E-state index contributed by atoms with van der Waals surface area (Å²) in [5.74, 6) is -0.748. The molecule has 1 aromatic carbocycles. The monoisotopic (exact) mass is 325 g/mol. The fourth-order valence-electron chi connectivity index (χ4n) is 2.15. The quantitative estimate of drug-likeness (QED) is 0.865. The van der Waals surface area contributed by atoms with Crippen LogP contribution in [-0.2, 0) is 9.05 Å². The second-order valence-corrected chi connectivity index (χ2v) is 6.88. The van der Waals surface area contributed by atoms with Gasteiger partial charge in [0.2, 0.25) is 0 Å². The number of carbonyl (C=O) groups is 1. The van der Waals surface area contributed by atoms with E-state index in [0.717, 1.165) is 0 Å². The third kappa shape index (κ3) is 3.67. The summed E-state index contributed by atoms with van der Waals surface area (Å²) in [6.45, 7) is 3.78. The molecule has 1 N–H and O–H groups in total. The highest BCUT2D eigenvalue weighted by Crippen LogP contribution is 2.28. The molecule has 0 bridgehead atoms. The molecular weight excluding hydrogens is 312 g/mol. The fourth-order valence-corrected chi connectivity index (χ4v) is 3.77. The van der Waals surface area contributed by atoms with Crippen molar-refractivity contribution in [2.45, 2.75) is 32.1 Å². The van der Waals surface area contributed by atoms with E-state index in [-0.39, 0.29) is 16.0 Å². The van der Waals surface area contributed by atoms with Crippen LogP contribution in [-0.4, -0.2) is 27.3 Å². The number of amides is 1. The summed E-state index contributed by atoms with van der Waals surface area (Å²) in [5, 5.41) is 2.05. The molecule has 1 rings (SSSR count). The minimum Gasteiger partial charge on any atom is -0.346 e. The Morgan fingerprint density at radius 1 is 1.30 bits per heavy atom. The first-order valence-electron chi connectivity index (χ1n) is 5.67. The molecule has 0 saturated carbocycles. The third-order valence-electron chi connectivity index (χ3n) is 2.79. The molecule has 0 spiro atoms. The number of aryl methyl sites for hydroxylation is 2. The van der Waals surface area contributed by atoms with Crippen LogP contribution in [0.2, 0.25) is 0 Å². The van der Waals surface area contributed by atoms with Crippen LogP contribution < -0.4 is 5.32 Å². The maximum Gasteiger partial charge on any atom is 0.261 e. The van der Waals surface area contributed by atoms with Crippen molar-refractivity contribution in [3.63, 3.8) is 0 Å². The number of carbonyl (C=O) groups excluding carboxylic acids is 1. The number of halogens is 3. The minimum absolute atomic E-state index is 0.0514. The molecule has 0 heterocycles. The van der Waals surface area contributed by atoms with Gasteiger partial charge in [-0.15, -0.1) is 0 Å². The number of hydrogen-bond acceptors (Lipinski definition) is 3. The molecule has 1 aromatic rings. The van der Waals surface area contributed by atoms with E-state index < -0.39 is 27.9 Å². The standard InChI is InChI=1S/C12H14ClF2NO3S/c1-6-4-7(2)11(20(13,18)19)8(3)10(6)12(17)16-5-9(14)15/h4,9H,5H2,1-3H3,(H,16,17). The van der Waals surface area contributed by atoms with E-state index in [1.165, 1.54) is 13.0 Å². The molecule has 4 nitrogen and oxygen atoms in total. The van der Waals surface area contributed by atoms with Crippen molar-refractivity contribution in [3.05, 3.63) is 28.3 Å². The van der Waals surface area contributed by atoms with Crippen molar-refractivity contribution < 1.29 is 22.0 Å². The van der Waals surface area contributed by atoms with Crippen molar-refractivity contribution in [2.24, 2.45) is 0 Å². The summed E-state index contributed by atoms with van der Waals surface area (Å²) >= 11 is 0. The zero-order valence-corrected chi connectivity index (χ0v) is 12.7. The zero-order valence-electron chi connectivity index (χ0n) is 11.1. The molecule has 112 valence electrons. The Hall–Kier alpha value is -1.21. The number of nitrogens with one attached hydrogen (secondary N) is 1. The van der Waals surface area contributed by atoms with Gasteiger partial charge in [0, 0.05) is 16.2 Å². The topological polar surface area (TPSA) is 63.2 Å². The largest absolute Gasteiger partial charge is 0.346 e. The van der Waals surface area contributed by atoms with Gasteiger partial charge in [-0.25, -0.2) is 17.2 Å². The summed E-state index contributed by atoms with van der Waals surface area (Å²) in [5.41, 5.74) is 1.11. The van der Waals surface area contributed by atoms with Gasteiger partial charge in [-0.2, -0.15) is 0 Å². The van der Waals surface area contributed by atoms with E-state index in [0.29, 0.717) is 11.1 Å². The van der Waals surface area contributed by atoms with Gasteiger partial charge < -0.3 is 5.32 Å². The van der Waals surface area contributed by atoms with E-state index in [1.54, 1.807) is 13.8 Å². The average Bonchev–Trinajstić information content (AvgIpc) is 2.23. The predicted octanol–water partition coefficient (Wildman–Crippen LogP) is 2.53. The second-order valence-electron chi connectivity index (χ2n) is 4.38. The SMILES string of the molecule is Cc1cc(C)c(S(=O)(=O)Cl)c(C)c1C(=O)NCC(F)F. The van der Waals surface area contributed by atoms with Crippen LogP contribution in [0.5, 0.6) is 0 Å². The van der Waals surface area contributed by atoms with Crippen LogP contribution in [0, 0.1) is 20.8 Å². The Kier molecular flexibility index (Phi) is 5.10. The summed E-state index contributed by atoms with van der Waals surface area (Å²) in [6.07, 6.45) is -2.68. The van der Waals surface area contributed by atoms with Crippen LogP contribution in [0.25, 0.3) is 0 Å². The number of benzene rings is 1. The van der Waals surface area contributed by atoms with Crippen LogP contribution in [0.1, 0.15) is 27.0 Å². The van der Waals surface area contributed by atoms with E-state index in [2.05, 4.69) is 5.32 Å². The summed E-state index contributed by atoms with van der Waals surface area (Å²) in [6, 6.07) is 1.49. The van der Waals surface area contributed by atoms with E-state index in [4.69, 9.17) is 10.7 Å². The van der Waals surface area contributed by atoms with Gasteiger partial charge >= 0.3 is 0 Å². The maximum absolute atomic E-state index is 12.1. The first kappa shape index (κ1) is 16.8. The van der Waals surface area contributed by atoms with Crippen LogP contribution in [0.3, 0.4) is 0 Å². The summed E-state index contributed by atoms with van der Waals surface area (Å²) in [4.78, 5) is 11.7. The van der Waals surface area contributed by atoms with E-state index >= 15 is 0 Å². The summed E-state index contributed by atoms with van der Waals surface area (Å²) < 4.78 is 47.3. The van der Waals surface area contributed by atoms with Gasteiger partial charge in [0.15, 0.2) is 0 Å². The molecule has 0 fully saturated rings. The molecule has 0 aliphatic rings.